The Morgan fingerprint density at radius 2 is 1.96 bits per heavy atom. The van der Waals surface area contributed by atoms with E-state index in [0.29, 0.717) is 18.2 Å². The number of ether oxygens (including phenoxy) is 1. The van der Waals surface area contributed by atoms with E-state index in [2.05, 4.69) is 34.4 Å². The molecule has 0 aliphatic carbocycles. The average Bonchev–Trinajstić information content (AvgIpc) is 3.13. The van der Waals surface area contributed by atoms with Gasteiger partial charge in [-0.2, -0.15) is 0 Å². The van der Waals surface area contributed by atoms with Crippen LogP contribution in [0.1, 0.15) is 24.3 Å². The van der Waals surface area contributed by atoms with Gasteiger partial charge in [0.2, 0.25) is 0 Å². The lowest BCUT2D eigenvalue weighted by atomic mass is 10.0. The minimum absolute atomic E-state index is 0.193. The summed E-state index contributed by atoms with van der Waals surface area (Å²) in [4.78, 5) is 14.8. The first-order chi connectivity index (χ1) is 12.1. The van der Waals surface area contributed by atoms with Crippen LogP contribution in [-0.2, 0) is 4.74 Å². The molecule has 25 heavy (non-hydrogen) atoms. The fourth-order valence-corrected chi connectivity index (χ4v) is 3.06. The van der Waals surface area contributed by atoms with Crippen LogP contribution in [0.4, 0.5) is 0 Å². The van der Waals surface area contributed by atoms with Crippen molar-refractivity contribution < 1.29 is 9.53 Å². The lowest BCUT2D eigenvalue weighted by molar-refractivity contribution is 0.00671. The molecule has 1 aliphatic rings. The van der Waals surface area contributed by atoms with E-state index < -0.39 is 0 Å². The first-order valence-corrected chi connectivity index (χ1v) is 8.73. The Bertz CT molecular complexity index is 680. The monoisotopic (exact) mass is 343 g/mol. The fraction of sp³-hybridized carbons (Fsp3) is 0.500. The Kier molecular flexibility index (Phi) is 5.78. The van der Waals surface area contributed by atoms with Crippen LogP contribution in [0.2, 0.25) is 0 Å². The van der Waals surface area contributed by atoms with E-state index >= 15 is 0 Å². The molecule has 1 saturated heterocycles. The first-order valence-electron chi connectivity index (χ1n) is 8.73. The maximum Gasteiger partial charge on any atom is 0.273 e. The highest BCUT2D eigenvalue weighted by Crippen LogP contribution is 2.12. The highest BCUT2D eigenvalue weighted by Gasteiger charge is 2.24. The topological polar surface area (TPSA) is 72.3 Å². The molecule has 0 spiro atoms. The number of para-hydroxylation sites is 1. The molecule has 1 aromatic heterocycles. The molecule has 0 saturated carbocycles. The number of carbonyl (C=O) groups excluding carboxylic acids is 1. The van der Waals surface area contributed by atoms with Gasteiger partial charge in [-0.05, 0) is 18.1 Å². The minimum atomic E-state index is -0.193. The van der Waals surface area contributed by atoms with Crippen LogP contribution in [0.25, 0.3) is 5.69 Å². The molecule has 1 amide bonds. The van der Waals surface area contributed by atoms with Gasteiger partial charge in [0, 0.05) is 25.7 Å². The van der Waals surface area contributed by atoms with Crippen molar-refractivity contribution in [1.29, 1.82) is 0 Å². The Labute approximate surface area is 148 Å². The van der Waals surface area contributed by atoms with E-state index in [1.807, 2.05) is 30.3 Å². The van der Waals surface area contributed by atoms with Gasteiger partial charge in [-0.25, -0.2) is 4.68 Å². The van der Waals surface area contributed by atoms with Crippen molar-refractivity contribution in [3.8, 4) is 5.69 Å². The third-order valence-corrected chi connectivity index (χ3v) is 4.50. The molecule has 1 aromatic carbocycles. The normalized spacial score (nSPS) is 16.8. The summed E-state index contributed by atoms with van der Waals surface area (Å²) in [7, 11) is 0. The molecular weight excluding hydrogens is 318 g/mol. The number of benzene rings is 1. The lowest BCUT2D eigenvalue weighted by Gasteiger charge is -2.36. The molecule has 1 atom stereocenters. The molecule has 1 N–H and O–H groups in total. The van der Waals surface area contributed by atoms with Crippen molar-refractivity contribution in [2.75, 3.05) is 32.8 Å². The van der Waals surface area contributed by atoms with Gasteiger partial charge in [0.25, 0.3) is 5.91 Å². The second kappa shape index (κ2) is 8.22. The summed E-state index contributed by atoms with van der Waals surface area (Å²) in [5.74, 6) is 0.250. The first kappa shape index (κ1) is 17.6. The largest absolute Gasteiger partial charge is 0.379 e. The van der Waals surface area contributed by atoms with Crippen LogP contribution >= 0.6 is 0 Å². The maximum atomic E-state index is 12.4. The molecule has 1 fully saturated rings. The number of carbonyl (C=O) groups is 1. The summed E-state index contributed by atoms with van der Waals surface area (Å²) in [6, 6.07) is 9.91. The third kappa shape index (κ3) is 4.43. The van der Waals surface area contributed by atoms with E-state index in [-0.39, 0.29) is 11.9 Å². The van der Waals surface area contributed by atoms with Crippen LogP contribution in [0.3, 0.4) is 0 Å². The van der Waals surface area contributed by atoms with E-state index in [0.717, 1.165) is 32.0 Å². The molecule has 3 rings (SSSR count). The molecule has 134 valence electrons. The second-order valence-corrected chi connectivity index (χ2v) is 6.55. The van der Waals surface area contributed by atoms with Crippen molar-refractivity contribution in [2.45, 2.75) is 19.9 Å². The molecule has 0 bridgehead atoms. The standard InChI is InChI=1S/C18H25N5O2/c1-14(2)17(22-8-10-25-11-9-22)12-19-18(24)16-13-23(21-20-16)15-6-4-3-5-7-15/h3-7,13-14,17H,8-12H2,1-2H3,(H,19,24). The van der Waals surface area contributed by atoms with Crippen molar-refractivity contribution in [1.82, 2.24) is 25.2 Å². The molecule has 7 nitrogen and oxygen atoms in total. The number of morpholine rings is 1. The van der Waals surface area contributed by atoms with Crippen molar-refractivity contribution in [3.05, 3.63) is 42.2 Å². The predicted octanol–water partition coefficient (Wildman–Crippen LogP) is 1.35. The van der Waals surface area contributed by atoms with Crippen LogP contribution in [0, 0.1) is 5.92 Å². The van der Waals surface area contributed by atoms with Gasteiger partial charge in [0.1, 0.15) is 0 Å². The van der Waals surface area contributed by atoms with Crippen molar-refractivity contribution in [3.63, 3.8) is 0 Å². The van der Waals surface area contributed by atoms with E-state index in [1.165, 1.54) is 0 Å². The van der Waals surface area contributed by atoms with Gasteiger partial charge in [0.15, 0.2) is 5.69 Å². The van der Waals surface area contributed by atoms with Gasteiger partial charge in [-0.1, -0.05) is 37.3 Å². The highest BCUT2D eigenvalue weighted by molar-refractivity contribution is 5.91. The van der Waals surface area contributed by atoms with Crippen molar-refractivity contribution >= 4 is 5.91 Å². The quantitative estimate of drug-likeness (QED) is 0.857. The van der Waals surface area contributed by atoms with E-state index in [9.17, 15) is 4.79 Å². The molecule has 0 radical (unpaired) electrons. The zero-order valence-corrected chi connectivity index (χ0v) is 14.8. The Balaban J connectivity index is 1.60. The molecule has 1 unspecified atom stereocenters. The summed E-state index contributed by atoms with van der Waals surface area (Å²) < 4.78 is 7.03. The SMILES string of the molecule is CC(C)C(CNC(=O)c1cn(-c2ccccc2)nn1)N1CCOCC1. The van der Waals surface area contributed by atoms with Crippen LogP contribution in [-0.4, -0.2) is 64.7 Å². The van der Waals surface area contributed by atoms with E-state index in [1.54, 1.807) is 10.9 Å². The zero-order valence-electron chi connectivity index (χ0n) is 14.8. The van der Waals surface area contributed by atoms with Crippen LogP contribution < -0.4 is 5.32 Å². The van der Waals surface area contributed by atoms with Crippen LogP contribution in [0.5, 0.6) is 0 Å². The molecule has 2 heterocycles. The smallest absolute Gasteiger partial charge is 0.273 e. The number of hydrogen-bond donors (Lipinski definition) is 1. The number of hydrogen-bond acceptors (Lipinski definition) is 5. The van der Waals surface area contributed by atoms with Gasteiger partial charge in [0.05, 0.1) is 25.1 Å². The summed E-state index contributed by atoms with van der Waals surface area (Å²) in [6.07, 6.45) is 1.66. The zero-order chi connectivity index (χ0) is 17.6. The summed E-state index contributed by atoms with van der Waals surface area (Å²) >= 11 is 0. The predicted molar refractivity (Wildman–Crippen MR) is 94.7 cm³/mol. The number of nitrogens with zero attached hydrogens (tertiary/aromatic N) is 4. The Hall–Kier alpha value is -2.25. The van der Waals surface area contributed by atoms with Gasteiger partial charge >= 0.3 is 0 Å². The molecular formula is C18H25N5O2. The lowest BCUT2D eigenvalue weighted by Crippen LogP contribution is -2.51. The third-order valence-electron chi connectivity index (χ3n) is 4.50. The number of nitrogens with one attached hydrogen (secondary N) is 1. The molecule has 7 heteroatoms. The van der Waals surface area contributed by atoms with Crippen LogP contribution in [0.15, 0.2) is 36.5 Å². The fourth-order valence-electron chi connectivity index (χ4n) is 3.06. The highest BCUT2D eigenvalue weighted by atomic mass is 16.5. The molecule has 1 aliphatic heterocycles. The second-order valence-electron chi connectivity index (χ2n) is 6.55. The number of rotatable bonds is 6. The minimum Gasteiger partial charge on any atom is -0.379 e. The summed E-state index contributed by atoms with van der Waals surface area (Å²) in [5, 5.41) is 11.0. The Morgan fingerprint density at radius 1 is 1.24 bits per heavy atom. The summed E-state index contributed by atoms with van der Waals surface area (Å²) in [6.45, 7) is 8.27. The van der Waals surface area contributed by atoms with Crippen molar-refractivity contribution in [2.24, 2.45) is 5.92 Å². The number of aromatic nitrogens is 3. The maximum absolute atomic E-state index is 12.4. The van der Waals surface area contributed by atoms with Gasteiger partial charge in [-0.3, -0.25) is 9.69 Å². The average molecular weight is 343 g/mol. The van der Waals surface area contributed by atoms with Gasteiger partial charge in [-0.15, -0.1) is 5.10 Å². The molecule has 2 aromatic rings. The Morgan fingerprint density at radius 3 is 2.64 bits per heavy atom. The van der Waals surface area contributed by atoms with E-state index in [4.69, 9.17) is 4.74 Å². The number of amides is 1. The van der Waals surface area contributed by atoms with Gasteiger partial charge < -0.3 is 10.1 Å². The summed E-state index contributed by atoms with van der Waals surface area (Å²) in [5.41, 5.74) is 1.20.